The zero-order valence-electron chi connectivity index (χ0n) is 15.4. The van der Waals surface area contributed by atoms with Gasteiger partial charge < -0.3 is 10.1 Å². The first-order valence-electron chi connectivity index (χ1n) is 8.75. The molecule has 3 unspecified atom stereocenters. The van der Waals surface area contributed by atoms with Gasteiger partial charge in [0.15, 0.2) is 11.8 Å². The number of ether oxygens (including phenoxy) is 1. The molecule has 6 nitrogen and oxygen atoms in total. The number of esters is 1. The molecular weight excluding hydrogens is 338 g/mol. The van der Waals surface area contributed by atoms with Crippen molar-refractivity contribution in [3.63, 3.8) is 0 Å². The van der Waals surface area contributed by atoms with Crippen molar-refractivity contribution in [2.75, 3.05) is 12.4 Å². The van der Waals surface area contributed by atoms with Crippen LogP contribution in [0, 0.1) is 25.7 Å². The topological polar surface area (TPSA) is 81.2 Å². The van der Waals surface area contributed by atoms with E-state index in [1.54, 1.807) is 0 Å². The summed E-state index contributed by atoms with van der Waals surface area (Å²) in [5.41, 5.74) is 1.72. The van der Waals surface area contributed by atoms with Crippen molar-refractivity contribution in [2.45, 2.75) is 58.2 Å². The number of nitrogens with one attached hydrogen (secondary N) is 1. The number of carbonyl (C=O) groups is 2. The Balaban J connectivity index is 1.71. The largest absolute Gasteiger partial charge is 0.455 e. The highest BCUT2D eigenvalue weighted by molar-refractivity contribution is 7.99. The lowest BCUT2D eigenvalue weighted by Gasteiger charge is -2.34. The number of aryl methyl sites for hydroxylation is 2. The van der Waals surface area contributed by atoms with Crippen molar-refractivity contribution in [1.82, 2.24) is 15.3 Å². The van der Waals surface area contributed by atoms with Crippen LogP contribution >= 0.6 is 11.8 Å². The molecule has 1 heterocycles. The molecule has 1 aromatic heterocycles. The summed E-state index contributed by atoms with van der Waals surface area (Å²) in [6.07, 6.45) is 3.33. The van der Waals surface area contributed by atoms with Gasteiger partial charge in [0, 0.05) is 17.4 Å². The van der Waals surface area contributed by atoms with Crippen molar-refractivity contribution < 1.29 is 14.3 Å². The standard InChI is InChI=1S/C18H27N3O3S/c1-11-6-5-7-15(14(11)4)21-16(22)9-24-17(23)10-25-18-19-12(2)8-13(3)20-18/h8,11,14-15H,5-7,9-10H2,1-4H3,(H,21,22). The Morgan fingerprint density at radius 1 is 1.24 bits per heavy atom. The maximum Gasteiger partial charge on any atom is 0.316 e. The van der Waals surface area contributed by atoms with E-state index in [9.17, 15) is 9.59 Å². The predicted molar refractivity (Wildman–Crippen MR) is 97.3 cm³/mol. The molecule has 1 amide bonds. The van der Waals surface area contributed by atoms with Gasteiger partial charge >= 0.3 is 5.97 Å². The smallest absolute Gasteiger partial charge is 0.316 e. The molecule has 0 bridgehead atoms. The molecule has 25 heavy (non-hydrogen) atoms. The van der Waals surface area contributed by atoms with Crippen molar-refractivity contribution in [1.29, 1.82) is 0 Å². The third-order valence-electron chi connectivity index (χ3n) is 4.70. The van der Waals surface area contributed by atoms with E-state index in [0.29, 0.717) is 17.0 Å². The number of amides is 1. The van der Waals surface area contributed by atoms with Crippen LogP contribution in [0.1, 0.15) is 44.5 Å². The lowest BCUT2D eigenvalue weighted by molar-refractivity contribution is -0.146. The molecule has 1 aliphatic carbocycles. The Morgan fingerprint density at radius 2 is 1.92 bits per heavy atom. The van der Waals surface area contributed by atoms with Crippen LogP contribution < -0.4 is 5.32 Å². The molecule has 0 spiro atoms. The highest BCUT2D eigenvalue weighted by atomic mass is 32.2. The molecule has 0 aliphatic heterocycles. The second-order valence-electron chi connectivity index (χ2n) is 6.82. The number of aromatic nitrogens is 2. The van der Waals surface area contributed by atoms with Gasteiger partial charge in [-0.05, 0) is 38.2 Å². The number of rotatable bonds is 6. The third kappa shape index (κ3) is 6.30. The first kappa shape index (κ1) is 19.7. The molecule has 138 valence electrons. The van der Waals surface area contributed by atoms with E-state index < -0.39 is 5.97 Å². The average Bonchev–Trinajstić information content (AvgIpc) is 2.54. The minimum Gasteiger partial charge on any atom is -0.455 e. The molecule has 1 N–H and O–H groups in total. The Morgan fingerprint density at radius 3 is 2.60 bits per heavy atom. The Bertz CT molecular complexity index is 603. The lowest BCUT2D eigenvalue weighted by atomic mass is 9.78. The van der Waals surface area contributed by atoms with E-state index in [1.807, 2.05) is 19.9 Å². The molecule has 1 aliphatic rings. The fraction of sp³-hybridized carbons (Fsp3) is 0.667. The maximum absolute atomic E-state index is 12.0. The molecule has 0 radical (unpaired) electrons. The van der Waals surface area contributed by atoms with Crippen LogP contribution in [0.15, 0.2) is 11.2 Å². The van der Waals surface area contributed by atoms with E-state index in [1.165, 1.54) is 18.2 Å². The minimum absolute atomic E-state index is 0.0903. The van der Waals surface area contributed by atoms with Crippen molar-refractivity contribution >= 4 is 23.6 Å². The molecule has 1 aromatic rings. The number of hydrogen-bond acceptors (Lipinski definition) is 6. The quantitative estimate of drug-likeness (QED) is 0.474. The summed E-state index contributed by atoms with van der Waals surface area (Å²) in [7, 11) is 0. The van der Waals surface area contributed by atoms with E-state index in [4.69, 9.17) is 4.74 Å². The molecular formula is C18H27N3O3S. The predicted octanol–water partition coefficient (Wildman–Crippen LogP) is 2.67. The zero-order chi connectivity index (χ0) is 18.4. The molecule has 2 rings (SSSR count). The SMILES string of the molecule is Cc1cc(C)nc(SCC(=O)OCC(=O)NC2CCCC(C)C2C)n1. The Labute approximate surface area is 153 Å². The fourth-order valence-electron chi connectivity index (χ4n) is 3.10. The average molecular weight is 365 g/mol. The summed E-state index contributed by atoms with van der Waals surface area (Å²) in [6, 6.07) is 2.05. The van der Waals surface area contributed by atoms with Crippen molar-refractivity contribution in [2.24, 2.45) is 11.8 Å². The van der Waals surface area contributed by atoms with Gasteiger partial charge in [0.05, 0.1) is 5.75 Å². The van der Waals surface area contributed by atoms with Crippen LogP contribution in [0.2, 0.25) is 0 Å². The Kier molecular flexibility index (Phi) is 7.23. The van der Waals surface area contributed by atoms with Gasteiger partial charge in [-0.25, -0.2) is 9.97 Å². The monoisotopic (exact) mass is 365 g/mol. The Hall–Kier alpha value is -1.63. The second-order valence-corrected chi connectivity index (χ2v) is 7.77. The third-order valence-corrected chi connectivity index (χ3v) is 5.52. The number of thioether (sulfide) groups is 1. The van der Waals surface area contributed by atoms with Gasteiger partial charge in [-0.3, -0.25) is 9.59 Å². The van der Waals surface area contributed by atoms with Crippen LogP contribution in [0.25, 0.3) is 0 Å². The summed E-state index contributed by atoms with van der Waals surface area (Å²) < 4.78 is 5.06. The highest BCUT2D eigenvalue weighted by Crippen LogP contribution is 2.29. The summed E-state index contributed by atoms with van der Waals surface area (Å²) in [6.45, 7) is 7.92. The van der Waals surface area contributed by atoms with Crippen LogP contribution in [0.3, 0.4) is 0 Å². The number of hydrogen-bond donors (Lipinski definition) is 1. The van der Waals surface area contributed by atoms with Gasteiger partial charge in [-0.15, -0.1) is 0 Å². The molecule has 0 saturated heterocycles. The van der Waals surface area contributed by atoms with Crippen molar-refractivity contribution in [3.05, 3.63) is 17.5 Å². The van der Waals surface area contributed by atoms with Gasteiger partial charge in [-0.1, -0.05) is 38.5 Å². The van der Waals surface area contributed by atoms with E-state index in [2.05, 4.69) is 29.1 Å². The summed E-state index contributed by atoms with van der Waals surface area (Å²) in [5.74, 6) is 0.480. The molecule has 7 heteroatoms. The number of carbonyl (C=O) groups excluding carboxylic acids is 2. The van der Waals surface area contributed by atoms with Gasteiger partial charge in [0.1, 0.15) is 0 Å². The van der Waals surface area contributed by atoms with Crippen LogP contribution in [-0.2, 0) is 14.3 Å². The second kappa shape index (κ2) is 9.17. The number of nitrogens with zero attached hydrogens (tertiary/aromatic N) is 2. The zero-order valence-corrected chi connectivity index (χ0v) is 16.2. The summed E-state index contributed by atoms with van der Waals surface area (Å²) in [4.78, 5) is 32.3. The van der Waals surface area contributed by atoms with E-state index in [0.717, 1.165) is 24.2 Å². The van der Waals surface area contributed by atoms with Crippen molar-refractivity contribution in [3.8, 4) is 0 Å². The van der Waals surface area contributed by atoms with Gasteiger partial charge in [0.25, 0.3) is 5.91 Å². The highest BCUT2D eigenvalue weighted by Gasteiger charge is 2.28. The van der Waals surface area contributed by atoms with Crippen LogP contribution in [-0.4, -0.2) is 40.2 Å². The molecule has 0 aromatic carbocycles. The lowest BCUT2D eigenvalue weighted by Crippen LogP contribution is -2.45. The molecule has 3 atom stereocenters. The van der Waals surface area contributed by atoms with Gasteiger partial charge in [-0.2, -0.15) is 0 Å². The van der Waals surface area contributed by atoms with Crippen LogP contribution in [0.5, 0.6) is 0 Å². The fourth-order valence-corrected chi connectivity index (χ4v) is 3.85. The summed E-state index contributed by atoms with van der Waals surface area (Å²) in [5, 5.41) is 3.54. The molecule has 1 fully saturated rings. The first-order valence-corrected chi connectivity index (χ1v) is 9.73. The van der Waals surface area contributed by atoms with E-state index in [-0.39, 0.29) is 24.3 Å². The van der Waals surface area contributed by atoms with Gasteiger partial charge in [0.2, 0.25) is 0 Å². The maximum atomic E-state index is 12.0. The van der Waals surface area contributed by atoms with E-state index >= 15 is 0 Å². The van der Waals surface area contributed by atoms with Crippen LogP contribution in [0.4, 0.5) is 0 Å². The normalized spacial score (nSPS) is 23.1. The first-order chi connectivity index (χ1) is 11.8. The summed E-state index contributed by atoms with van der Waals surface area (Å²) >= 11 is 1.22. The minimum atomic E-state index is -0.437. The molecule has 1 saturated carbocycles.